The monoisotopic (exact) mass is 279 g/mol. The number of hydrogen-bond acceptors (Lipinski definition) is 3. The normalized spacial score (nSPS) is 10.9. The lowest BCUT2D eigenvalue weighted by molar-refractivity contribution is -0.139. The Balaban J connectivity index is 2.76. The number of halogens is 4. The van der Waals surface area contributed by atoms with Gasteiger partial charge in [-0.15, -0.1) is 0 Å². The Labute approximate surface area is 104 Å². The lowest BCUT2D eigenvalue weighted by atomic mass is 10.2. The summed E-state index contributed by atoms with van der Waals surface area (Å²) in [7, 11) is 0. The lowest BCUT2D eigenvalue weighted by Gasteiger charge is -2.11. The van der Waals surface area contributed by atoms with Gasteiger partial charge in [0.1, 0.15) is 5.82 Å². The number of nitrogens with two attached hydrogens (primary N) is 1. The van der Waals surface area contributed by atoms with E-state index >= 15 is 0 Å². The minimum absolute atomic E-state index is 0.117. The van der Waals surface area contributed by atoms with Crippen molar-refractivity contribution in [3.8, 4) is 0 Å². The Hall–Kier alpha value is -2.32. The second-order valence-corrected chi connectivity index (χ2v) is 3.46. The van der Waals surface area contributed by atoms with Crippen LogP contribution < -0.4 is 16.4 Å². The Morgan fingerprint density at radius 3 is 2.42 bits per heavy atom. The van der Waals surface area contributed by atoms with Gasteiger partial charge in [0.2, 0.25) is 5.91 Å². The van der Waals surface area contributed by atoms with Gasteiger partial charge in [-0.25, -0.2) is 9.18 Å². The molecule has 0 aliphatic carbocycles. The van der Waals surface area contributed by atoms with Gasteiger partial charge in [0.15, 0.2) is 0 Å². The molecule has 0 unspecified atom stereocenters. The number of carbonyl (C=O) groups is 2. The molecule has 0 spiro atoms. The molecule has 104 valence electrons. The lowest BCUT2D eigenvalue weighted by Crippen LogP contribution is -2.38. The van der Waals surface area contributed by atoms with Crippen molar-refractivity contribution < 1.29 is 27.2 Å². The van der Waals surface area contributed by atoms with Gasteiger partial charge in [0.05, 0.1) is 12.1 Å². The number of alkyl halides is 3. The molecule has 0 bridgehead atoms. The number of benzene rings is 1. The number of primary amides is 1. The van der Waals surface area contributed by atoms with Crippen LogP contribution in [0, 0.1) is 5.82 Å². The molecule has 3 amide bonds. The molecule has 1 aromatic carbocycles. The number of hydrogen-bond donors (Lipinski definition) is 3. The molecule has 5 nitrogen and oxygen atoms in total. The Kier molecular flexibility index (Phi) is 4.30. The van der Waals surface area contributed by atoms with Crippen LogP contribution in [0.4, 0.5) is 28.0 Å². The highest BCUT2D eigenvalue weighted by Gasteiger charge is 2.34. The highest BCUT2D eigenvalue weighted by molar-refractivity contribution is 5.95. The van der Waals surface area contributed by atoms with Crippen molar-refractivity contribution in [1.29, 1.82) is 0 Å². The van der Waals surface area contributed by atoms with E-state index in [2.05, 4.69) is 11.1 Å². The van der Waals surface area contributed by atoms with Crippen molar-refractivity contribution in [1.82, 2.24) is 5.32 Å². The van der Waals surface area contributed by atoms with Gasteiger partial charge in [-0.05, 0) is 18.2 Å². The Bertz CT molecular complexity index is 502. The number of amides is 3. The number of carbonyl (C=O) groups excluding carboxylic acids is 2. The smallest absolute Gasteiger partial charge is 0.376 e. The first-order valence-corrected chi connectivity index (χ1v) is 4.90. The molecular weight excluding hydrogens is 270 g/mol. The summed E-state index contributed by atoms with van der Waals surface area (Å²) in [6.45, 7) is -0.480. The summed E-state index contributed by atoms with van der Waals surface area (Å²) in [4.78, 5) is 21.3. The first kappa shape index (κ1) is 14.7. The first-order chi connectivity index (χ1) is 8.70. The summed E-state index contributed by atoms with van der Waals surface area (Å²) in [6.07, 6.45) is -4.84. The van der Waals surface area contributed by atoms with Gasteiger partial charge in [0.25, 0.3) is 0 Å². The number of rotatable bonds is 3. The Morgan fingerprint density at radius 2 is 1.89 bits per heavy atom. The minimum atomic E-state index is -4.84. The number of nitrogens with one attached hydrogen (secondary N) is 2. The fourth-order valence-electron chi connectivity index (χ4n) is 1.22. The highest BCUT2D eigenvalue weighted by Crippen LogP contribution is 2.32. The van der Waals surface area contributed by atoms with E-state index in [-0.39, 0.29) is 5.69 Å². The molecule has 0 heterocycles. The van der Waals surface area contributed by atoms with E-state index in [1.54, 1.807) is 5.32 Å². The van der Waals surface area contributed by atoms with Crippen LogP contribution in [0.25, 0.3) is 0 Å². The van der Waals surface area contributed by atoms with Gasteiger partial charge >= 0.3 is 12.2 Å². The maximum Gasteiger partial charge on any atom is 0.419 e. The molecule has 0 aliphatic heterocycles. The highest BCUT2D eigenvalue weighted by atomic mass is 19.4. The second-order valence-electron chi connectivity index (χ2n) is 3.46. The summed E-state index contributed by atoms with van der Waals surface area (Å²) >= 11 is 0. The predicted molar refractivity (Wildman–Crippen MR) is 57.6 cm³/mol. The fourth-order valence-corrected chi connectivity index (χ4v) is 1.22. The summed E-state index contributed by atoms with van der Waals surface area (Å²) < 4.78 is 50.1. The molecular formula is C10H9F4N3O2. The zero-order chi connectivity index (χ0) is 14.6. The van der Waals surface area contributed by atoms with E-state index in [4.69, 9.17) is 0 Å². The average molecular weight is 279 g/mol. The maximum atomic E-state index is 12.9. The van der Waals surface area contributed by atoms with Crippen LogP contribution in [-0.2, 0) is 11.0 Å². The quantitative estimate of drug-likeness (QED) is 0.732. The SMILES string of the molecule is NC(=O)NC(=O)CNc1ccc(F)c(C(F)(F)F)c1. The van der Waals surface area contributed by atoms with Gasteiger partial charge in [-0.3, -0.25) is 10.1 Å². The van der Waals surface area contributed by atoms with Crippen molar-refractivity contribution in [3.63, 3.8) is 0 Å². The molecule has 9 heteroatoms. The van der Waals surface area contributed by atoms with Crippen molar-refractivity contribution in [2.75, 3.05) is 11.9 Å². The van der Waals surface area contributed by atoms with E-state index < -0.39 is 36.0 Å². The van der Waals surface area contributed by atoms with Crippen molar-refractivity contribution in [2.24, 2.45) is 5.73 Å². The molecule has 1 aromatic rings. The second kappa shape index (κ2) is 5.55. The standard InChI is InChI=1S/C10H9F4N3O2/c11-7-2-1-5(3-6(7)10(12,13)14)16-4-8(18)17-9(15)19/h1-3,16H,4H2,(H3,15,17,18,19). The van der Waals surface area contributed by atoms with Crippen LogP contribution in [0.5, 0.6) is 0 Å². The molecule has 0 aromatic heterocycles. The zero-order valence-corrected chi connectivity index (χ0v) is 9.34. The van der Waals surface area contributed by atoms with Crippen LogP contribution >= 0.6 is 0 Å². The number of urea groups is 1. The van der Waals surface area contributed by atoms with Crippen LogP contribution in [0.3, 0.4) is 0 Å². The molecule has 4 N–H and O–H groups in total. The third-order valence-corrected chi connectivity index (χ3v) is 1.99. The molecule has 19 heavy (non-hydrogen) atoms. The fraction of sp³-hybridized carbons (Fsp3) is 0.200. The van der Waals surface area contributed by atoms with Gasteiger partial charge < -0.3 is 11.1 Å². The van der Waals surface area contributed by atoms with E-state index in [0.29, 0.717) is 12.1 Å². The van der Waals surface area contributed by atoms with Gasteiger partial charge in [-0.1, -0.05) is 0 Å². The van der Waals surface area contributed by atoms with E-state index in [0.717, 1.165) is 6.07 Å². The minimum Gasteiger partial charge on any atom is -0.376 e. The van der Waals surface area contributed by atoms with Crippen LogP contribution in [0.1, 0.15) is 5.56 Å². The van der Waals surface area contributed by atoms with Crippen LogP contribution in [0.15, 0.2) is 18.2 Å². The Morgan fingerprint density at radius 1 is 1.26 bits per heavy atom. The van der Waals surface area contributed by atoms with Gasteiger partial charge in [-0.2, -0.15) is 13.2 Å². The third kappa shape index (κ3) is 4.45. The van der Waals surface area contributed by atoms with Crippen molar-refractivity contribution in [3.05, 3.63) is 29.6 Å². The largest absolute Gasteiger partial charge is 0.419 e. The summed E-state index contributed by atoms with van der Waals surface area (Å²) in [5.41, 5.74) is 3.10. The van der Waals surface area contributed by atoms with Crippen molar-refractivity contribution in [2.45, 2.75) is 6.18 Å². The average Bonchev–Trinajstić information content (AvgIpc) is 2.25. The molecule has 0 atom stereocenters. The van der Waals surface area contributed by atoms with Crippen molar-refractivity contribution >= 4 is 17.6 Å². The molecule has 0 saturated heterocycles. The molecule has 0 aliphatic rings. The summed E-state index contributed by atoms with van der Waals surface area (Å²) in [5.74, 6) is -2.25. The maximum absolute atomic E-state index is 12.9. The van der Waals surface area contributed by atoms with E-state index in [1.165, 1.54) is 0 Å². The predicted octanol–water partition coefficient (Wildman–Crippen LogP) is 1.45. The topological polar surface area (TPSA) is 84.2 Å². The van der Waals surface area contributed by atoms with E-state index in [9.17, 15) is 27.2 Å². The van der Waals surface area contributed by atoms with E-state index in [1.807, 2.05) is 0 Å². The number of imide groups is 1. The molecule has 1 rings (SSSR count). The summed E-state index contributed by atoms with van der Waals surface area (Å²) in [6, 6.07) is 1.09. The van der Waals surface area contributed by atoms with Gasteiger partial charge in [0, 0.05) is 5.69 Å². The molecule has 0 radical (unpaired) electrons. The first-order valence-electron chi connectivity index (χ1n) is 4.90. The zero-order valence-electron chi connectivity index (χ0n) is 9.34. The number of anilines is 1. The van der Waals surface area contributed by atoms with Crippen LogP contribution in [0.2, 0.25) is 0 Å². The summed E-state index contributed by atoms with van der Waals surface area (Å²) in [5, 5.41) is 4.01. The van der Waals surface area contributed by atoms with Crippen LogP contribution in [-0.4, -0.2) is 18.5 Å². The molecule has 0 fully saturated rings. The molecule has 0 saturated carbocycles. The third-order valence-electron chi connectivity index (χ3n) is 1.99.